The average molecular weight is 510 g/mol. The second kappa shape index (κ2) is 8.60. The van der Waals surface area contributed by atoms with Gasteiger partial charge in [0.1, 0.15) is 6.33 Å². The van der Waals surface area contributed by atoms with Gasteiger partial charge in [-0.2, -0.15) is 0 Å². The van der Waals surface area contributed by atoms with Gasteiger partial charge >= 0.3 is 0 Å². The fraction of sp³-hybridized carbons (Fsp3) is 0.323. The number of pyridine rings is 1. The van der Waals surface area contributed by atoms with Crippen LogP contribution >= 0.6 is 11.3 Å². The van der Waals surface area contributed by atoms with E-state index < -0.39 is 8.07 Å². The van der Waals surface area contributed by atoms with Crippen molar-refractivity contribution < 1.29 is 0 Å². The average Bonchev–Trinajstić information content (AvgIpc) is 3.13. The first kappa shape index (κ1) is 24.8. The second-order valence-electron chi connectivity index (χ2n) is 12.0. The zero-order valence-corrected chi connectivity index (χ0v) is 24.7. The fourth-order valence-corrected chi connectivity index (χ4v) is 7.51. The van der Waals surface area contributed by atoms with Gasteiger partial charge in [-0.05, 0) is 66.6 Å². The maximum Gasteiger partial charge on any atom is 0.116 e. The summed E-state index contributed by atoms with van der Waals surface area (Å²) in [6.07, 6.45) is 1.72. The molecule has 0 saturated heterocycles. The molecule has 3 heterocycles. The van der Waals surface area contributed by atoms with Gasteiger partial charge in [0.25, 0.3) is 0 Å². The summed E-state index contributed by atoms with van der Waals surface area (Å²) in [6.45, 7) is 20.5. The predicted octanol–water partition coefficient (Wildman–Crippen LogP) is 8.34. The number of thiophene rings is 1. The number of aryl methyl sites for hydroxylation is 3. The van der Waals surface area contributed by atoms with E-state index in [0.717, 1.165) is 38.1 Å². The van der Waals surface area contributed by atoms with Crippen molar-refractivity contribution in [3.63, 3.8) is 0 Å². The monoisotopic (exact) mass is 509 g/mol. The molecule has 0 aliphatic heterocycles. The van der Waals surface area contributed by atoms with E-state index in [9.17, 15) is 0 Å². The Bertz CT molecular complexity index is 1630. The summed E-state index contributed by atoms with van der Waals surface area (Å²) >= 11 is 1.82. The van der Waals surface area contributed by atoms with E-state index in [0.29, 0.717) is 0 Å². The number of hydrogen-bond donors (Lipinski definition) is 0. The predicted molar refractivity (Wildman–Crippen MR) is 159 cm³/mol. The lowest BCUT2D eigenvalue weighted by Crippen LogP contribution is -2.37. The van der Waals surface area contributed by atoms with Crippen molar-refractivity contribution in [2.75, 3.05) is 0 Å². The normalized spacial score (nSPS) is 12.6. The van der Waals surface area contributed by atoms with Crippen LogP contribution in [0.5, 0.6) is 0 Å². The minimum absolute atomic E-state index is 0.0348. The van der Waals surface area contributed by atoms with E-state index in [1.165, 1.54) is 32.3 Å². The third kappa shape index (κ3) is 4.29. The number of benzene rings is 2. The molecule has 0 bridgehead atoms. The van der Waals surface area contributed by atoms with Gasteiger partial charge in [-0.15, -0.1) is 11.3 Å². The summed E-state index contributed by atoms with van der Waals surface area (Å²) in [5.74, 6) is 0. The molecule has 0 aliphatic carbocycles. The first-order valence-electron chi connectivity index (χ1n) is 12.6. The van der Waals surface area contributed by atoms with E-state index in [1.54, 1.807) is 6.33 Å². The van der Waals surface area contributed by atoms with Crippen LogP contribution in [0.2, 0.25) is 19.6 Å². The number of fused-ring (bicyclic) bond motifs is 2. The van der Waals surface area contributed by atoms with Crippen molar-refractivity contribution in [3.8, 4) is 21.7 Å². The topological polar surface area (TPSA) is 38.7 Å². The Morgan fingerprint density at radius 1 is 0.833 bits per heavy atom. The van der Waals surface area contributed by atoms with Crippen LogP contribution in [0, 0.1) is 20.8 Å². The van der Waals surface area contributed by atoms with Gasteiger partial charge in [0, 0.05) is 21.5 Å². The molecule has 0 amide bonds. The molecule has 0 radical (unpaired) electrons. The molecule has 5 heteroatoms. The van der Waals surface area contributed by atoms with E-state index in [4.69, 9.17) is 15.0 Å². The Balaban J connectivity index is 1.73. The lowest BCUT2D eigenvalue weighted by molar-refractivity contribution is 0.594. The molecule has 0 atom stereocenters. The Hall–Kier alpha value is -2.89. The van der Waals surface area contributed by atoms with Crippen molar-refractivity contribution in [2.45, 2.75) is 66.6 Å². The smallest absolute Gasteiger partial charge is 0.116 e. The number of hydrogen-bond acceptors (Lipinski definition) is 4. The summed E-state index contributed by atoms with van der Waals surface area (Å²) in [5, 5.41) is 2.65. The Kier molecular flexibility index (Phi) is 5.92. The molecule has 0 saturated carbocycles. The summed E-state index contributed by atoms with van der Waals surface area (Å²) in [7, 11) is -1.36. The largest absolute Gasteiger partial charge is 0.253 e. The third-order valence-corrected chi connectivity index (χ3v) is 10.4. The van der Waals surface area contributed by atoms with Gasteiger partial charge in [-0.1, -0.05) is 69.9 Å². The zero-order chi connectivity index (χ0) is 26.0. The van der Waals surface area contributed by atoms with Gasteiger partial charge in [0.15, 0.2) is 0 Å². The molecule has 5 rings (SSSR count). The molecule has 3 aromatic heterocycles. The molecule has 184 valence electrons. The van der Waals surface area contributed by atoms with Crippen molar-refractivity contribution in [1.29, 1.82) is 0 Å². The van der Waals surface area contributed by atoms with Crippen LogP contribution in [0.3, 0.4) is 0 Å². The maximum atomic E-state index is 4.90. The Morgan fingerprint density at radius 2 is 1.58 bits per heavy atom. The van der Waals surface area contributed by atoms with Crippen LogP contribution in [0.1, 0.15) is 43.2 Å². The highest BCUT2D eigenvalue weighted by Crippen LogP contribution is 2.43. The molecular weight excluding hydrogens is 475 g/mol. The molecular formula is C31H35N3SSi. The summed E-state index contributed by atoms with van der Waals surface area (Å²) in [6, 6.07) is 15.8. The zero-order valence-electron chi connectivity index (χ0n) is 22.9. The van der Waals surface area contributed by atoms with E-state index >= 15 is 0 Å². The van der Waals surface area contributed by atoms with E-state index in [-0.39, 0.29) is 5.41 Å². The molecule has 5 aromatic rings. The molecule has 0 fully saturated rings. The summed E-state index contributed by atoms with van der Waals surface area (Å²) in [4.78, 5) is 15.8. The highest BCUT2D eigenvalue weighted by atomic mass is 32.1. The van der Waals surface area contributed by atoms with Gasteiger partial charge in [0.05, 0.1) is 29.5 Å². The number of aromatic nitrogens is 3. The van der Waals surface area contributed by atoms with Crippen LogP contribution in [-0.4, -0.2) is 23.0 Å². The number of rotatable bonds is 3. The third-order valence-electron chi connectivity index (χ3n) is 7.05. The molecule has 0 unspecified atom stereocenters. The lowest BCUT2D eigenvalue weighted by atomic mass is 9.84. The molecule has 3 nitrogen and oxygen atoms in total. The van der Waals surface area contributed by atoms with Gasteiger partial charge < -0.3 is 0 Å². The second-order valence-corrected chi connectivity index (χ2v) is 18.1. The minimum atomic E-state index is -1.36. The first-order chi connectivity index (χ1) is 16.8. The van der Waals surface area contributed by atoms with Crippen LogP contribution in [0.25, 0.3) is 42.8 Å². The highest BCUT2D eigenvalue weighted by molar-refractivity contribution is 7.23. The van der Waals surface area contributed by atoms with E-state index in [2.05, 4.69) is 104 Å². The van der Waals surface area contributed by atoms with Gasteiger partial charge in [0.2, 0.25) is 0 Å². The number of nitrogens with zero attached hydrogens (tertiary/aromatic N) is 3. The quantitative estimate of drug-likeness (QED) is 0.229. The molecule has 0 aliphatic rings. The maximum absolute atomic E-state index is 4.90. The van der Waals surface area contributed by atoms with E-state index in [1.807, 2.05) is 11.3 Å². The summed E-state index contributed by atoms with van der Waals surface area (Å²) < 4.78 is 1.15. The first-order valence-corrected chi connectivity index (χ1v) is 16.9. The van der Waals surface area contributed by atoms with Gasteiger partial charge in [-0.25, -0.2) is 9.97 Å². The molecule has 2 aromatic carbocycles. The molecule has 36 heavy (non-hydrogen) atoms. The van der Waals surface area contributed by atoms with Gasteiger partial charge in [-0.3, -0.25) is 4.98 Å². The molecule has 0 N–H and O–H groups in total. The molecule has 0 spiro atoms. The standard InChI is InChI=1S/C31H35N3SSi/c1-18-14-23(36(7,8)9)12-13-24(18)29-20(3)26-30(35-29)28(33-17-32-26)22-15-21-11-10-19(2)34-27(21)25(16-22)31(4,5)6/h10-17H,1-9H3. The Morgan fingerprint density at radius 3 is 2.25 bits per heavy atom. The van der Waals surface area contributed by atoms with Crippen LogP contribution in [0.4, 0.5) is 0 Å². The highest BCUT2D eigenvalue weighted by Gasteiger charge is 2.23. The van der Waals surface area contributed by atoms with Crippen LogP contribution in [-0.2, 0) is 5.41 Å². The summed E-state index contributed by atoms with van der Waals surface area (Å²) in [5.41, 5.74) is 10.4. The fourth-order valence-electron chi connectivity index (χ4n) is 4.91. The minimum Gasteiger partial charge on any atom is -0.253 e. The van der Waals surface area contributed by atoms with Crippen molar-refractivity contribution >= 4 is 45.7 Å². The van der Waals surface area contributed by atoms with Crippen molar-refractivity contribution in [1.82, 2.24) is 15.0 Å². The van der Waals surface area contributed by atoms with Crippen molar-refractivity contribution in [2.24, 2.45) is 0 Å². The van der Waals surface area contributed by atoms with Crippen LogP contribution < -0.4 is 5.19 Å². The SMILES string of the molecule is Cc1ccc2cc(-c3ncnc4c(C)c(-c5ccc([Si](C)(C)C)cc5C)sc34)cc(C(C)(C)C)c2n1. The van der Waals surface area contributed by atoms with Crippen molar-refractivity contribution in [3.05, 3.63) is 71.2 Å². The lowest BCUT2D eigenvalue weighted by Gasteiger charge is -2.22. The van der Waals surface area contributed by atoms with Crippen LogP contribution in [0.15, 0.2) is 48.8 Å². The Labute approximate surface area is 219 Å².